The molecule has 6 nitrogen and oxygen atoms in total. The van der Waals surface area contributed by atoms with Crippen LogP contribution in [-0.2, 0) is 9.47 Å². The van der Waals surface area contributed by atoms with Crippen molar-refractivity contribution in [1.29, 1.82) is 0 Å². The first-order valence-corrected chi connectivity index (χ1v) is 7.32. The first-order valence-electron chi connectivity index (χ1n) is 7.32. The monoisotopic (exact) mass is 295 g/mol. The molecule has 1 heterocycles. The number of carbonyl (C=O) groups is 1. The summed E-state index contributed by atoms with van der Waals surface area (Å²) in [6.45, 7) is 5.31. The van der Waals surface area contributed by atoms with Crippen LogP contribution >= 0.6 is 0 Å². The van der Waals surface area contributed by atoms with Crippen LogP contribution in [0, 0.1) is 0 Å². The van der Waals surface area contributed by atoms with Crippen molar-refractivity contribution in [3.05, 3.63) is 23.9 Å². The number of ether oxygens (including phenoxy) is 2. The molecule has 0 atom stereocenters. The van der Waals surface area contributed by atoms with Crippen molar-refractivity contribution in [3.63, 3.8) is 0 Å². The molecule has 118 valence electrons. The van der Waals surface area contributed by atoms with Crippen LogP contribution in [0.1, 0.15) is 30.1 Å². The first-order chi connectivity index (χ1) is 10.3. The summed E-state index contributed by atoms with van der Waals surface area (Å²) in [5.74, 6) is 0.640. The molecule has 1 rings (SSSR count). The van der Waals surface area contributed by atoms with Gasteiger partial charge in [0.05, 0.1) is 13.2 Å². The highest BCUT2D eigenvalue weighted by Gasteiger charge is 2.05. The minimum atomic E-state index is -0.0890. The number of carbonyl (C=O) groups excluding carboxylic acids is 1. The minimum Gasteiger partial charge on any atom is -0.382 e. The predicted octanol–water partition coefficient (Wildman–Crippen LogP) is 1.69. The van der Waals surface area contributed by atoms with Crippen LogP contribution in [0.25, 0.3) is 0 Å². The molecule has 0 unspecified atom stereocenters. The van der Waals surface area contributed by atoms with Crippen molar-refractivity contribution in [1.82, 2.24) is 10.3 Å². The van der Waals surface area contributed by atoms with Gasteiger partial charge in [-0.25, -0.2) is 4.98 Å². The maximum atomic E-state index is 12.0. The van der Waals surface area contributed by atoms with E-state index in [4.69, 9.17) is 9.47 Å². The molecule has 1 amide bonds. The van der Waals surface area contributed by atoms with Gasteiger partial charge in [-0.15, -0.1) is 0 Å². The highest BCUT2D eigenvalue weighted by molar-refractivity contribution is 5.94. The van der Waals surface area contributed by atoms with Gasteiger partial charge in [0.2, 0.25) is 0 Å². The number of hydrogen-bond donors (Lipinski definition) is 2. The molecule has 6 heteroatoms. The summed E-state index contributed by atoms with van der Waals surface area (Å²) in [7, 11) is 1.64. The number of rotatable bonds is 11. The van der Waals surface area contributed by atoms with Crippen LogP contribution in [0.2, 0.25) is 0 Å². The fourth-order valence-corrected chi connectivity index (χ4v) is 1.64. The molecule has 0 saturated carbocycles. The van der Waals surface area contributed by atoms with Gasteiger partial charge < -0.3 is 20.1 Å². The zero-order chi connectivity index (χ0) is 15.3. The third kappa shape index (κ3) is 7.63. The normalized spacial score (nSPS) is 10.4. The van der Waals surface area contributed by atoms with E-state index in [-0.39, 0.29) is 5.91 Å². The Morgan fingerprint density at radius 3 is 2.90 bits per heavy atom. The Labute approximate surface area is 126 Å². The molecule has 0 aliphatic rings. The molecule has 0 aromatic carbocycles. The summed E-state index contributed by atoms with van der Waals surface area (Å²) in [6, 6.07) is 3.47. The van der Waals surface area contributed by atoms with Gasteiger partial charge in [0.15, 0.2) is 0 Å². The van der Waals surface area contributed by atoms with Crippen LogP contribution in [0.4, 0.5) is 5.82 Å². The summed E-state index contributed by atoms with van der Waals surface area (Å²) >= 11 is 0. The third-order valence-electron chi connectivity index (χ3n) is 2.76. The summed E-state index contributed by atoms with van der Waals surface area (Å²) in [5.41, 5.74) is 0.615. The van der Waals surface area contributed by atoms with Crippen LogP contribution in [0.5, 0.6) is 0 Å². The van der Waals surface area contributed by atoms with E-state index in [1.807, 2.05) is 0 Å². The molecule has 21 heavy (non-hydrogen) atoms. The van der Waals surface area contributed by atoms with E-state index in [0.717, 1.165) is 25.2 Å². The summed E-state index contributed by atoms with van der Waals surface area (Å²) in [4.78, 5) is 16.2. The summed E-state index contributed by atoms with van der Waals surface area (Å²) in [6.07, 6.45) is 3.43. The molecule has 0 aliphatic carbocycles. The molecule has 0 saturated heterocycles. The smallest absolute Gasteiger partial charge is 0.251 e. The van der Waals surface area contributed by atoms with E-state index in [2.05, 4.69) is 22.5 Å². The van der Waals surface area contributed by atoms with Crippen LogP contribution in [-0.4, -0.2) is 50.9 Å². The fourth-order valence-electron chi connectivity index (χ4n) is 1.64. The maximum Gasteiger partial charge on any atom is 0.251 e. The third-order valence-corrected chi connectivity index (χ3v) is 2.76. The minimum absolute atomic E-state index is 0.0890. The molecule has 0 bridgehead atoms. The van der Waals surface area contributed by atoms with Gasteiger partial charge in [-0.05, 0) is 25.0 Å². The lowest BCUT2D eigenvalue weighted by atomic mass is 10.2. The van der Waals surface area contributed by atoms with E-state index >= 15 is 0 Å². The highest BCUT2D eigenvalue weighted by Crippen LogP contribution is 2.06. The van der Waals surface area contributed by atoms with Gasteiger partial charge in [-0.2, -0.15) is 0 Å². The molecule has 0 radical (unpaired) electrons. The maximum absolute atomic E-state index is 12.0. The molecule has 0 fully saturated rings. The Kier molecular flexibility index (Phi) is 9.15. The van der Waals surface area contributed by atoms with E-state index in [9.17, 15) is 4.79 Å². The van der Waals surface area contributed by atoms with E-state index in [1.54, 1.807) is 25.4 Å². The Morgan fingerprint density at radius 2 is 2.14 bits per heavy atom. The molecule has 0 aliphatic heterocycles. The molecule has 1 aromatic rings. The largest absolute Gasteiger partial charge is 0.382 e. The van der Waals surface area contributed by atoms with Gasteiger partial charge >= 0.3 is 0 Å². The van der Waals surface area contributed by atoms with E-state index < -0.39 is 0 Å². The zero-order valence-corrected chi connectivity index (χ0v) is 12.9. The van der Waals surface area contributed by atoms with Crippen molar-refractivity contribution in [2.45, 2.75) is 19.8 Å². The Morgan fingerprint density at radius 1 is 1.29 bits per heavy atom. The van der Waals surface area contributed by atoms with Gasteiger partial charge in [0.1, 0.15) is 5.82 Å². The number of nitrogens with one attached hydrogen (secondary N) is 2. The summed E-state index contributed by atoms with van der Waals surface area (Å²) < 4.78 is 10.2. The molecular formula is C15H25N3O3. The highest BCUT2D eigenvalue weighted by atomic mass is 16.5. The van der Waals surface area contributed by atoms with E-state index in [1.165, 1.54) is 0 Å². The lowest BCUT2D eigenvalue weighted by molar-refractivity contribution is 0.0688. The SMILES string of the molecule is CCCNc1cc(C(=O)NCCCOCCOC)ccn1. The number of anilines is 1. The van der Waals surface area contributed by atoms with Gasteiger partial charge in [-0.3, -0.25) is 4.79 Å². The van der Waals surface area contributed by atoms with Crippen LogP contribution in [0.15, 0.2) is 18.3 Å². The number of aromatic nitrogens is 1. The van der Waals surface area contributed by atoms with Crippen molar-refractivity contribution < 1.29 is 14.3 Å². The van der Waals surface area contributed by atoms with Gasteiger partial charge in [-0.1, -0.05) is 6.92 Å². The van der Waals surface area contributed by atoms with Crippen molar-refractivity contribution in [2.75, 3.05) is 45.3 Å². The molecule has 1 aromatic heterocycles. The number of hydrogen-bond acceptors (Lipinski definition) is 5. The number of methoxy groups -OCH3 is 1. The Balaban J connectivity index is 2.25. The second kappa shape index (κ2) is 11.0. The second-order valence-electron chi connectivity index (χ2n) is 4.57. The van der Waals surface area contributed by atoms with Crippen LogP contribution < -0.4 is 10.6 Å². The predicted molar refractivity (Wildman–Crippen MR) is 82.7 cm³/mol. The standard InChI is InChI=1S/C15H25N3O3/c1-3-6-16-14-12-13(5-8-17-14)15(19)18-7-4-9-21-11-10-20-2/h5,8,12H,3-4,6-7,9-11H2,1-2H3,(H,16,17)(H,18,19). The van der Waals surface area contributed by atoms with Crippen molar-refractivity contribution >= 4 is 11.7 Å². The summed E-state index contributed by atoms with van der Waals surface area (Å²) in [5, 5.41) is 6.03. The van der Waals surface area contributed by atoms with E-state index in [0.29, 0.717) is 31.9 Å². The zero-order valence-electron chi connectivity index (χ0n) is 12.9. The lowest BCUT2D eigenvalue weighted by Gasteiger charge is -2.08. The Bertz CT molecular complexity index is 413. The average molecular weight is 295 g/mol. The van der Waals surface area contributed by atoms with Gasteiger partial charge in [0.25, 0.3) is 5.91 Å². The fraction of sp³-hybridized carbons (Fsp3) is 0.600. The molecular weight excluding hydrogens is 270 g/mol. The number of pyridine rings is 1. The van der Waals surface area contributed by atoms with Crippen molar-refractivity contribution in [2.24, 2.45) is 0 Å². The van der Waals surface area contributed by atoms with Crippen LogP contribution in [0.3, 0.4) is 0 Å². The number of amides is 1. The quantitative estimate of drug-likeness (QED) is 0.608. The molecule has 2 N–H and O–H groups in total. The average Bonchev–Trinajstić information content (AvgIpc) is 2.52. The first kappa shape index (κ1) is 17.4. The van der Waals surface area contributed by atoms with Crippen molar-refractivity contribution in [3.8, 4) is 0 Å². The Hall–Kier alpha value is -1.66. The number of nitrogens with zero attached hydrogens (tertiary/aromatic N) is 1. The topological polar surface area (TPSA) is 72.5 Å². The second-order valence-corrected chi connectivity index (χ2v) is 4.57. The molecule has 0 spiro atoms. The lowest BCUT2D eigenvalue weighted by Crippen LogP contribution is -2.25. The van der Waals surface area contributed by atoms with Gasteiger partial charge in [0, 0.05) is 38.6 Å².